The Balaban J connectivity index is 1.24. The monoisotopic (exact) mass is 576 g/mol. The summed E-state index contributed by atoms with van der Waals surface area (Å²) >= 11 is 0. The Morgan fingerprint density at radius 1 is 1.07 bits per heavy atom. The van der Waals surface area contributed by atoms with Gasteiger partial charge in [0.1, 0.15) is 29.5 Å². The number of allylic oxidation sites excluding steroid dienone is 1. The molecule has 4 heterocycles. The lowest BCUT2D eigenvalue weighted by atomic mass is 10.0. The predicted octanol–water partition coefficient (Wildman–Crippen LogP) is 4.08. The fourth-order valence-corrected chi connectivity index (χ4v) is 5.67. The lowest BCUT2D eigenvalue weighted by molar-refractivity contribution is -0.128. The smallest absolute Gasteiger partial charge is 0.264 e. The summed E-state index contributed by atoms with van der Waals surface area (Å²) < 4.78 is 13.5. The third-order valence-corrected chi connectivity index (χ3v) is 7.98. The van der Waals surface area contributed by atoms with Crippen LogP contribution in [0, 0.1) is 17.2 Å². The molecule has 216 valence electrons. The number of piperidine rings is 1. The van der Waals surface area contributed by atoms with E-state index in [1.165, 1.54) is 6.33 Å². The Morgan fingerprint density at radius 3 is 2.67 bits per heavy atom. The van der Waals surface area contributed by atoms with Gasteiger partial charge in [-0.15, -0.1) is 0 Å². The van der Waals surface area contributed by atoms with E-state index in [0.717, 1.165) is 25.7 Å². The second-order valence-electron chi connectivity index (χ2n) is 10.9. The number of nitrogens with zero attached hydrogens (tertiary/aromatic N) is 6. The van der Waals surface area contributed by atoms with Crippen LogP contribution >= 0.6 is 0 Å². The number of aromatic nitrogens is 4. The standard InChI is InChI=1S/C31H28N8O4/c32-14-20(13-18-8-9-18)31(41)38-12-4-7-21(15-38)39-29-24(28(33)34-16-35-29)25(37-39)22-10-11-23(27-26(22)42-17-43-27)36-30(40)19-5-2-1-3-6-19/h1-3,5-6,10-11,13,16,18,21H,4,7-9,12,15,17H2,(H,36,40)(H2,33,34,35)/t21-/m1/s1. The third-order valence-electron chi connectivity index (χ3n) is 7.98. The van der Waals surface area contributed by atoms with Crippen LogP contribution in [0.4, 0.5) is 11.5 Å². The van der Waals surface area contributed by atoms with Crippen LogP contribution in [0.15, 0.2) is 60.4 Å². The first-order valence-corrected chi connectivity index (χ1v) is 14.2. The number of rotatable bonds is 6. The number of amides is 2. The van der Waals surface area contributed by atoms with Crippen molar-refractivity contribution in [2.45, 2.75) is 31.7 Å². The first-order valence-electron chi connectivity index (χ1n) is 14.2. The molecule has 12 nitrogen and oxygen atoms in total. The zero-order chi connectivity index (χ0) is 29.5. The molecule has 1 saturated carbocycles. The molecule has 4 aromatic rings. The summed E-state index contributed by atoms with van der Waals surface area (Å²) in [6.07, 6.45) is 6.74. The molecule has 0 radical (unpaired) electrons. The number of nitrogens with two attached hydrogens (primary N) is 1. The van der Waals surface area contributed by atoms with E-state index < -0.39 is 0 Å². The quantitative estimate of drug-likeness (QED) is 0.254. The summed E-state index contributed by atoms with van der Waals surface area (Å²) in [5.41, 5.74) is 9.21. The topological polar surface area (TPSA) is 161 Å². The first kappa shape index (κ1) is 26.5. The molecule has 1 atom stereocenters. The normalized spacial score (nSPS) is 18.0. The summed E-state index contributed by atoms with van der Waals surface area (Å²) in [6, 6.07) is 14.3. The second-order valence-corrected chi connectivity index (χ2v) is 10.9. The highest BCUT2D eigenvalue weighted by Gasteiger charge is 2.33. The van der Waals surface area contributed by atoms with Crippen LogP contribution in [0.2, 0.25) is 0 Å². The highest BCUT2D eigenvalue weighted by atomic mass is 16.7. The average molecular weight is 577 g/mol. The Labute approximate surface area is 246 Å². The van der Waals surface area contributed by atoms with Gasteiger partial charge in [-0.1, -0.05) is 24.3 Å². The van der Waals surface area contributed by atoms with Gasteiger partial charge in [0.2, 0.25) is 6.79 Å². The van der Waals surface area contributed by atoms with Gasteiger partial charge in [-0.25, -0.2) is 14.6 Å². The van der Waals surface area contributed by atoms with E-state index in [-0.39, 0.29) is 36.0 Å². The molecule has 3 aliphatic rings. The minimum atomic E-state index is -0.277. The lowest BCUT2D eigenvalue weighted by Gasteiger charge is -2.32. The summed E-state index contributed by atoms with van der Waals surface area (Å²) in [7, 11) is 0. The Kier molecular flexibility index (Phi) is 6.62. The summed E-state index contributed by atoms with van der Waals surface area (Å²) in [5.74, 6) is 0.860. The fourth-order valence-electron chi connectivity index (χ4n) is 5.67. The van der Waals surface area contributed by atoms with Crippen molar-refractivity contribution >= 4 is 34.4 Å². The SMILES string of the molecule is N#CC(=CC1CC1)C(=O)N1CCC[C@@H](n2nc(-c3ccc(NC(=O)c4ccccc4)c4c3OCO4)c3c(N)ncnc32)C1. The van der Waals surface area contributed by atoms with Gasteiger partial charge in [0.15, 0.2) is 17.1 Å². The summed E-state index contributed by atoms with van der Waals surface area (Å²) in [6.45, 7) is 0.919. The van der Waals surface area contributed by atoms with Gasteiger partial charge in [0, 0.05) is 24.2 Å². The molecule has 2 fully saturated rings. The number of carbonyl (C=O) groups excluding carboxylic acids is 2. The highest BCUT2D eigenvalue weighted by Crippen LogP contribution is 2.48. The van der Waals surface area contributed by atoms with Crippen LogP contribution in [-0.2, 0) is 4.79 Å². The number of benzene rings is 2. The van der Waals surface area contributed by atoms with Crippen molar-refractivity contribution in [3.8, 4) is 28.8 Å². The molecule has 1 aliphatic carbocycles. The van der Waals surface area contributed by atoms with Crippen LogP contribution in [0.1, 0.15) is 42.1 Å². The largest absolute Gasteiger partial charge is 0.453 e. The number of hydrogen-bond donors (Lipinski definition) is 2. The van der Waals surface area contributed by atoms with E-state index in [4.69, 9.17) is 20.3 Å². The molecule has 0 unspecified atom stereocenters. The van der Waals surface area contributed by atoms with E-state index in [9.17, 15) is 14.9 Å². The molecule has 2 aromatic carbocycles. The van der Waals surface area contributed by atoms with Gasteiger partial charge in [0.05, 0.1) is 17.1 Å². The predicted molar refractivity (Wildman–Crippen MR) is 157 cm³/mol. The van der Waals surface area contributed by atoms with Crippen molar-refractivity contribution in [1.82, 2.24) is 24.6 Å². The van der Waals surface area contributed by atoms with Crippen molar-refractivity contribution in [2.24, 2.45) is 5.92 Å². The molecule has 2 amide bonds. The number of likely N-dealkylation sites (tertiary alicyclic amines) is 1. The van der Waals surface area contributed by atoms with Gasteiger partial charge >= 0.3 is 0 Å². The Hall–Kier alpha value is -5.44. The number of nitriles is 1. The van der Waals surface area contributed by atoms with Crippen LogP contribution in [0.3, 0.4) is 0 Å². The van der Waals surface area contributed by atoms with Crippen LogP contribution in [0.5, 0.6) is 11.5 Å². The molecule has 12 heteroatoms. The van der Waals surface area contributed by atoms with Gasteiger partial charge in [-0.2, -0.15) is 10.4 Å². The number of fused-ring (bicyclic) bond motifs is 2. The molecular formula is C31H28N8O4. The first-order chi connectivity index (χ1) is 21.0. The van der Waals surface area contributed by atoms with Crippen molar-refractivity contribution in [1.29, 1.82) is 5.26 Å². The molecule has 2 aromatic heterocycles. The van der Waals surface area contributed by atoms with Gasteiger partial charge in [0.25, 0.3) is 11.8 Å². The van der Waals surface area contributed by atoms with Crippen molar-refractivity contribution in [3.05, 3.63) is 66.0 Å². The maximum atomic E-state index is 13.2. The molecule has 7 rings (SSSR count). The molecule has 43 heavy (non-hydrogen) atoms. The van der Waals surface area contributed by atoms with Crippen LogP contribution in [-0.4, -0.2) is 56.3 Å². The molecule has 1 saturated heterocycles. The number of nitrogen functional groups attached to an aromatic ring is 1. The number of nitrogens with one attached hydrogen (secondary N) is 1. The minimum Gasteiger partial charge on any atom is -0.453 e. The van der Waals surface area contributed by atoms with Gasteiger partial charge < -0.3 is 25.4 Å². The number of carbonyl (C=O) groups is 2. The van der Waals surface area contributed by atoms with E-state index in [2.05, 4.69) is 21.4 Å². The van der Waals surface area contributed by atoms with Gasteiger partial charge in [-0.3, -0.25) is 9.59 Å². The zero-order valence-corrected chi connectivity index (χ0v) is 23.2. The Bertz CT molecular complexity index is 1820. The Morgan fingerprint density at radius 2 is 1.88 bits per heavy atom. The number of ether oxygens (including phenoxy) is 2. The van der Waals surface area contributed by atoms with Crippen LogP contribution < -0.4 is 20.5 Å². The molecular weight excluding hydrogens is 548 g/mol. The summed E-state index contributed by atoms with van der Waals surface area (Å²) in [5, 5.41) is 18.1. The zero-order valence-electron chi connectivity index (χ0n) is 23.2. The summed E-state index contributed by atoms with van der Waals surface area (Å²) in [4.78, 5) is 36.6. The van der Waals surface area contributed by atoms with E-state index in [1.807, 2.05) is 6.07 Å². The van der Waals surface area contributed by atoms with E-state index in [1.54, 1.807) is 52.1 Å². The molecule has 0 spiro atoms. The van der Waals surface area contributed by atoms with Crippen molar-refractivity contribution < 1.29 is 19.1 Å². The molecule has 3 N–H and O–H groups in total. The highest BCUT2D eigenvalue weighted by molar-refractivity contribution is 6.06. The van der Waals surface area contributed by atoms with Crippen molar-refractivity contribution in [2.75, 3.05) is 30.9 Å². The number of anilines is 2. The van der Waals surface area contributed by atoms with E-state index >= 15 is 0 Å². The maximum Gasteiger partial charge on any atom is 0.264 e. The maximum absolute atomic E-state index is 13.2. The third kappa shape index (κ3) is 4.88. The van der Waals surface area contributed by atoms with Gasteiger partial charge in [-0.05, 0) is 55.9 Å². The number of hydrogen-bond acceptors (Lipinski definition) is 9. The fraction of sp³-hybridized carbons (Fsp3) is 0.290. The average Bonchev–Trinajstić information content (AvgIpc) is 3.56. The van der Waals surface area contributed by atoms with Crippen LogP contribution in [0.25, 0.3) is 22.3 Å². The minimum absolute atomic E-state index is 0.0273. The van der Waals surface area contributed by atoms with E-state index in [0.29, 0.717) is 64.0 Å². The molecule has 0 bridgehead atoms. The second kappa shape index (κ2) is 10.8. The lowest BCUT2D eigenvalue weighted by Crippen LogP contribution is -2.41. The molecule has 2 aliphatic heterocycles. The van der Waals surface area contributed by atoms with Crippen molar-refractivity contribution in [3.63, 3.8) is 0 Å².